The molecule has 0 atom stereocenters. The number of ether oxygens (including phenoxy) is 2. The fraction of sp³-hybridized carbons (Fsp3) is 0.211. The van der Waals surface area contributed by atoms with E-state index in [9.17, 15) is 9.59 Å². The van der Waals surface area contributed by atoms with Gasteiger partial charge in [0.05, 0.1) is 31.2 Å². The van der Waals surface area contributed by atoms with Crippen molar-refractivity contribution < 1.29 is 19.1 Å². The zero-order valence-electron chi connectivity index (χ0n) is 14.8. The summed E-state index contributed by atoms with van der Waals surface area (Å²) in [7, 11) is 4.77. The molecule has 2 aromatic rings. The van der Waals surface area contributed by atoms with Crippen LogP contribution in [0, 0.1) is 0 Å². The summed E-state index contributed by atoms with van der Waals surface area (Å²) < 4.78 is 10.9. The van der Waals surface area contributed by atoms with Crippen molar-refractivity contribution in [3.63, 3.8) is 0 Å². The number of likely N-dealkylation sites (N-methyl/N-ethyl adjacent to an activating group) is 1. The summed E-state index contributed by atoms with van der Waals surface area (Å²) in [6.45, 7) is -0.0210. The Balaban J connectivity index is 2.28. The molecule has 1 heterocycles. The molecule has 26 heavy (non-hydrogen) atoms. The van der Waals surface area contributed by atoms with E-state index in [1.165, 1.54) is 4.90 Å². The highest BCUT2D eigenvalue weighted by Gasteiger charge is 2.27. The number of nitrogens with two attached hydrogens (primary N) is 1. The minimum Gasteiger partial charge on any atom is -0.497 e. The Kier molecular flexibility index (Phi) is 4.62. The standard InChI is InChI=1S/C19H19N3O4/c1-22-14-8-13(25-2)9-15(26-3)17(14)18(21-10-16(22)23)11-5-4-6-12(7-11)19(20)24/h4-9H,10H2,1-3H3,(H2,20,24). The van der Waals surface area contributed by atoms with E-state index in [-0.39, 0.29) is 12.5 Å². The molecule has 134 valence electrons. The Morgan fingerprint density at radius 2 is 1.96 bits per heavy atom. The van der Waals surface area contributed by atoms with Gasteiger partial charge in [0.2, 0.25) is 11.8 Å². The number of primary amides is 1. The van der Waals surface area contributed by atoms with E-state index in [0.29, 0.717) is 39.6 Å². The Bertz CT molecular complexity index is 921. The molecule has 0 radical (unpaired) electrons. The molecule has 0 aromatic heterocycles. The van der Waals surface area contributed by atoms with E-state index in [0.717, 1.165) is 0 Å². The monoisotopic (exact) mass is 353 g/mol. The highest BCUT2D eigenvalue weighted by Crippen LogP contribution is 2.37. The maximum atomic E-state index is 12.4. The number of nitrogens with zero attached hydrogens (tertiary/aromatic N) is 2. The van der Waals surface area contributed by atoms with Gasteiger partial charge in [-0.05, 0) is 12.1 Å². The lowest BCUT2D eigenvalue weighted by atomic mass is 9.97. The molecule has 7 heteroatoms. The topological polar surface area (TPSA) is 94.2 Å². The highest BCUT2D eigenvalue weighted by atomic mass is 16.5. The fourth-order valence-electron chi connectivity index (χ4n) is 2.88. The van der Waals surface area contributed by atoms with Crippen LogP contribution in [-0.4, -0.2) is 45.3 Å². The maximum Gasteiger partial charge on any atom is 0.248 e. The van der Waals surface area contributed by atoms with Crippen LogP contribution in [0.4, 0.5) is 5.69 Å². The van der Waals surface area contributed by atoms with Crippen LogP contribution in [0.2, 0.25) is 0 Å². The lowest BCUT2D eigenvalue weighted by Crippen LogP contribution is -2.28. The second-order valence-electron chi connectivity index (χ2n) is 5.79. The third kappa shape index (κ3) is 2.99. The van der Waals surface area contributed by atoms with Crippen molar-refractivity contribution in [1.82, 2.24) is 0 Å². The summed E-state index contributed by atoms with van der Waals surface area (Å²) in [6, 6.07) is 10.3. The number of hydrogen-bond donors (Lipinski definition) is 1. The van der Waals surface area contributed by atoms with E-state index in [4.69, 9.17) is 15.2 Å². The zero-order chi connectivity index (χ0) is 18.8. The van der Waals surface area contributed by atoms with Crippen molar-refractivity contribution in [2.24, 2.45) is 10.7 Å². The van der Waals surface area contributed by atoms with Gasteiger partial charge in [0.15, 0.2) is 0 Å². The van der Waals surface area contributed by atoms with Gasteiger partial charge in [0.25, 0.3) is 0 Å². The van der Waals surface area contributed by atoms with Gasteiger partial charge in [0.1, 0.15) is 18.0 Å². The molecule has 0 saturated carbocycles. The van der Waals surface area contributed by atoms with E-state index in [1.807, 2.05) is 6.07 Å². The third-order valence-corrected chi connectivity index (χ3v) is 4.28. The SMILES string of the molecule is COc1cc(OC)c2c(c1)N(C)C(=O)CN=C2c1cccc(C(N)=O)c1. The molecule has 0 aliphatic carbocycles. The van der Waals surface area contributed by atoms with Gasteiger partial charge in [-0.1, -0.05) is 12.1 Å². The molecule has 2 amide bonds. The molecular formula is C19H19N3O4. The minimum absolute atomic E-state index is 0.0210. The number of carbonyl (C=O) groups is 2. The Labute approximate surface area is 151 Å². The van der Waals surface area contributed by atoms with Crippen molar-refractivity contribution >= 4 is 23.2 Å². The number of benzodiazepines with no additional fused rings is 1. The average Bonchev–Trinajstić information content (AvgIpc) is 2.78. The number of anilines is 1. The van der Waals surface area contributed by atoms with Crippen molar-refractivity contribution in [2.45, 2.75) is 0 Å². The van der Waals surface area contributed by atoms with E-state index >= 15 is 0 Å². The molecule has 2 N–H and O–H groups in total. The van der Waals surface area contributed by atoms with Crippen LogP contribution in [0.15, 0.2) is 41.4 Å². The minimum atomic E-state index is -0.531. The van der Waals surface area contributed by atoms with Gasteiger partial charge in [-0.3, -0.25) is 14.6 Å². The number of rotatable bonds is 4. The van der Waals surface area contributed by atoms with Crippen LogP contribution in [0.25, 0.3) is 0 Å². The highest BCUT2D eigenvalue weighted by molar-refractivity contribution is 6.21. The number of hydrogen-bond acceptors (Lipinski definition) is 5. The first-order chi connectivity index (χ1) is 12.5. The van der Waals surface area contributed by atoms with Crippen LogP contribution in [-0.2, 0) is 4.79 Å². The Hall–Kier alpha value is -3.35. The summed E-state index contributed by atoms with van der Waals surface area (Å²) in [5.41, 5.74) is 8.26. The number of amides is 2. The first-order valence-corrected chi connectivity index (χ1v) is 7.94. The molecular weight excluding hydrogens is 334 g/mol. The van der Waals surface area contributed by atoms with Gasteiger partial charge in [-0.15, -0.1) is 0 Å². The first-order valence-electron chi connectivity index (χ1n) is 7.94. The largest absolute Gasteiger partial charge is 0.497 e. The van der Waals surface area contributed by atoms with E-state index in [1.54, 1.807) is 51.6 Å². The second-order valence-corrected chi connectivity index (χ2v) is 5.79. The summed E-state index contributed by atoms with van der Waals surface area (Å²) in [4.78, 5) is 29.9. The van der Waals surface area contributed by atoms with E-state index in [2.05, 4.69) is 4.99 Å². The van der Waals surface area contributed by atoms with Crippen LogP contribution in [0.3, 0.4) is 0 Å². The predicted octanol–water partition coefficient (Wildman–Crippen LogP) is 1.62. The molecule has 0 fully saturated rings. The number of aliphatic imine (C=N–C) groups is 1. The molecule has 1 aliphatic rings. The lowest BCUT2D eigenvalue weighted by molar-refractivity contribution is -0.116. The van der Waals surface area contributed by atoms with E-state index < -0.39 is 5.91 Å². The summed E-state index contributed by atoms with van der Waals surface area (Å²) >= 11 is 0. The molecule has 0 bridgehead atoms. The molecule has 7 nitrogen and oxygen atoms in total. The van der Waals surface area contributed by atoms with Crippen LogP contribution in [0.1, 0.15) is 21.5 Å². The zero-order valence-corrected chi connectivity index (χ0v) is 14.8. The number of benzene rings is 2. The van der Waals surface area contributed by atoms with Gasteiger partial charge in [0, 0.05) is 30.3 Å². The Morgan fingerprint density at radius 1 is 1.19 bits per heavy atom. The molecule has 0 spiro atoms. The summed E-state index contributed by atoms with van der Waals surface area (Å²) in [5.74, 6) is 0.385. The van der Waals surface area contributed by atoms with Crippen molar-refractivity contribution in [1.29, 1.82) is 0 Å². The fourth-order valence-corrected chi connectivity index (χ4v) is 2.88. The number of fused-ring (bicyclic) bond motifs is 1. The third-order valence-electron chi connectivity index (χ3n) is 4.28. The maximum absolute atomic E-state index is 12.4. The average molecular weight is 353 g/mol. The molecule has 0 saturated heterocycles. The number of methoxy groups -OCH3 is 2. The summed E-state index contributed by atoms with van der Waals surface area (Å²) in [6.07, 6.45) is 0. The Morgan fingerprint density at radius 3 is 2.62 bits per heavy atom. The normalized spacial score (nSPS) is 13.6. The molecule has 2 aromatic carbocycles. The summed E-state index contributed by atoms with van der Waals surface area (Å²) in [5, 5.41) is 0. The van der Waals surface area contributed by atoms with Gasteiger partial charge >= 0.3 is 0 Å². The van der Waals surface area contributed by atoms with Gasteiger partial charge in [-0.2, -0.15) is 0 Å². The van der Waals surface area contributed by atoms with Gasteiger partial charge < -0.3 is 20.1 Å². The van der Waals surface area contributed by atoms with Crippen LogP contribution < -0.4 is 20.1 Å². The van der Waals surface area contributed by atoms with Gasteiger partial charge in [-0.25, -0.2) is 0 Å². The van der Waals surface area contributed by atoms with Crippen LogP contribution in [0.5, 0.6) is 11.5 Å². The quantitative estimate of drug-likeness (QED) is 0.904. The molecule has 1 aliphatic heterocycles. The smallest absolute Gasteiger partial charge is 0.248 e. The van der Waals surface area contributed by atoms with Crippen molar-refractivity contribution in [2.75, 3.05) is 32.7 Å². The second kappa shape index (κ2) is 6.87. The van der Waals surface area contributed by atoms with Crippen molar-refractivity contribution in [3.8, 4) is 11.5 Å². The first kappa shape index (κ1) is 17.5. The predicted molar refractivity (Wildman–Crippen MR) is 98.4 cm³/mol. The van der Waals surface area contributed by atoms with Crippen molar-refractivity contribution in [3.05, 3.63) is 53.1 Å². The van der Waals surface area contributed by atoms with Crippen LogP contribution >= 0.6 is 0 Å². The molecule has 0 unspecified atom stereocenters. The lowest BCUT2D eigenvalue weighted by Gasteiger charge is -2.21. The number of carbonyl (C=O) groups excluding carboxylic acids is 2. The molecule has 3 rings (SSSR count).